The zero-order valence-electron chi connectivity index (χ0n) is 10.5. The molecule has 0 fully saturated rings. The highest BCUT2D eigenvalue weighted by Crippen LogP contribution is 2.19. The number of aromatic nitrogens is 2. The molecule has 3 rings (SSSR count). The third kappa shape index (κ3) is 2.44. The molecule has 20 heavy (non-hydrogen) atoms. The molecule has 5 heteroatoms. The minimum Gasteiger partial charge on any atom is -0.478 e. The van der Waals surface area contributed by atoms with E-state index in [4.69, 9.17) is 5.11 Å². The molecule has 0 aliphatic heterocycles. The van der Waals surface area contributed by atoms with Crippen molar-refractivity contribution in [1.82, 2.24) is 9.55 Å². The Bertz CT molecular complexity index is 795. The lowest BCUT2D eigenvalue weighted by Crippen LogP contribution is -1.99. The van der Waals surface area contributed by atoms with Crippen LogP contribution in [0.2, 0.25) is 0 Å². The van der Waals surface area contributed by atoms with Gasteiger partial charge in [-0.05, 0) is 45.8 Å². The molecule has 1 N–H and O–H groups in total. The van der Waals surface area contributed by atoms with Gasteiger partial charge in [0.2, 0.25) is 0 Å². The summed E-state index contributed by atoms with van der Waals surface area (Å²) in [4.78, 5) is 15.2. The molecule has 0 unspecified atom stereocenters. The molecule has 0 amide bonds. The van der Waals surface area contributed by atoms with Gasteiger partial charge >= 0.3 is 5.97 Å². The summed E-state index contributed by atoms with van der Waals surface area (Å²) >= 11 is 3.38. The van der Waals surface area contributed by atoms with E-state index in [0.29, 0.717) is 6.54 Å². The van der Waals surface area contributed by atoms with E-state index in [1.165, 1.54) is 0 Å². The predicted octanol–water partition coefficient (Wildman–Crippen LogP) is 3.55. The highest BCUT2D eigenvalue weighted by molar-refractivity contribution is 9.10. The molecular formula is C15H11BrN2O2. The Morgan fingerprint density at radius 1 is 1.30 bits per heavy atom. The third-order valence-electron chi connectivity index (χ3n) is 3.11. The van der Waals surface area contributed by atoms with Crippen molar-refractivity contribution in [3.63, 3.8) is 0 Å². The van der Waals surface area contributed by atoms with E-state index in [1.54, 1.807) is 18.5 Å². The fourth-order valence-electron chi connectivity index (χ4n) is 2.14. The average Bonchev–Trinajstić information content (AvgIpc) is 2.80. The first kappa shape index (κ1) is 12.9. The lowest BCUT2D eigenvalue weighted by molar-refractivity contribution is 0.0697. The van der Waals surface area contributed by atoms with Gasteiger partial charge in [-0.2, -0.15) is 0 Å². The van der Waals surface area contributed by atoms with Crippen LogP contribution in [0.4, 0.5) is 0 Å². The monoisotopic (exact) mass is 330 g/mol. The van der Waals surface area contributed by atoms with E-state index in [9.17, 15) is 4.79 Å². The van der Waals surface area contributed by atoms with Gasteiger partial charge in [0.25, 0.3) is 0 Å². The van der Waals surface area contributed by atoms with Gasteiger partial charge in [-0.3, -0.25) is 4.98 Å². The molecule has 0 saturated carbocycles. The maximum absolute atomic E-state index is 11.0. The van der Waals surface area contributed by atoms with Crippen molar-refractivity contribution in [3.05, 3.63) is 64.5 Å². The molecule has 2 heterocycles. The van der Waals surface area contributed by atoms with Crippen LogP contribution in [0, 0.1) is 0 Å². The zero-order chi connectivity index (χ0) is 14.1. The first-order valence-electron chi connectivity index (χ1n) is 6.06. The van der Waals surface area contributed by atoms with Crippen LogP contribution in [0.5, 0.6) is 0 Å². The average molecular weight is 331 g/mol. The first-order chi connectivity index (χ1) is 9.63. The largest absolute Gasteiger partial charge is 0.478 e. The Kier molecular flexibility index (Phi) is 3.28. The SMILES string of the molecule is O=C(O)c1cc(Br)n(Cc2ccc3ncccc3c2)c1. The number of hydrogen-bond donors (Lipinski definition) is 1. The fourth-order valence-corrected chi connectivity index (χ4v) is 2.61. The van der Waals surface area contributed by atoms with Gasteiger partial charge in [-0.15, -0.1) is 0 Å². The molecule has 0 radical (unpaired) electrons. The van der Waals surface area contributed by atoms with E-state index >= 15 is 0 Å². The number of fused-ring (bicyclic) bond motifs is 1. The second-order valence-corrected chi connectivity index (χ2v) is 5.33. The number of benzene rings is 1. The summed E-state index contributed by atoms with van der Waals surface area (Å²) in [5, 5.41) is 10.1. The summed E-state index contributed by atoms with van der Waals surface area (Å²) < 4.78 is 2.61. The molecule has 0 aliphatic carbocycles. The lowest BCUT2D eigenvalue weighted by atomic mass is 10.1. The molecule has 4 nitrogen and oxygen atoms in total. The van der Waals surface area contributed by atoms with Crippen molar-refractivity contribution in [3.8, 4) is 0 Å². The number of carboxylic acids is 1. The van der Waals surface area contributed by atoms with Crippen molar-refractivity contribution < 1.29 is 9.90 Å². The van der Waals surface area contributed by atoms with Crippen LogP contribution in [-0.4, -0.2) is 20.6 Å². The maximum atomic E-state index is 11.0. The van der Waals surface area contributed by atoms with E-state index < -0.39 is 5.97 Å². The van der Waals surface area contributed by atoms with Gasteiger partial charge in [0.1, 0.15) is 0 Å². The normalized spacial score (nSPS) is 10.8. The van der Waals surface area contributed by atoms with Crippen molar-refractivity contribution in [1.29, 1.82) is 0 Å². The van der Waals surface area contributed by atoms with Crippen LogP contribution in [-0.2, 0) is 6.54 Å². The molecule has 0 aliphatic rings. The zero-order valence-corrected chi connectivity index (χ0v) is 12.0. The number of pyridine rings is 1. The van der Waals surface area contributed by atoms with Crippen LogP contribution < -0.4 is 0 Å². The van der Waals surface area contributed by atoms with Crippen molar-refractivity contribution in [2.24, 2.45) is 0 Å². The van der Waals surface area contributed by atoms with Crippen LogP contribution in [0.3, 0.4) is 0 Å². The Morgan fingerprint density at radius 3 is 2.90 bits per heavy atom. The standard InChI is InChI=1S/C15H11BrN2O2/c16-14-7-12(15(19)20)9-18(14)8-10-3-4-13-11(6-10)2-1-5-17-13/h1-7,9H,8H2,(H,19,20). The second kappa shape index (κ2) is 5.09. The highest BCUT2D eigenvalue weighted by atomic mass is 79.9. The Balaban J connectivity index is 1.94. The minimum absolute atomic E-state index is 0.277. The Labute approximate surface area is 123 Å². The Hall–Kier alpha value is -2.14. The molecular weight excluding hydrogens is 320 g/mol. The van der Waals surface area contributed by atoms with E-state index in [0.717, 1.165) is 21.1 Å². The van der Waals surface area contributed by atoms with Crippen molar-refractivity contribution in [2.75, 3.05) is 0 Å². The number of rotatable bonds is 3. The van der Waals surface area contributed by atoms with Crippen molar-refractivity contribution >= 4 is 32.8 Å². The summed E-state index contributed by atoms with van der Waals surface area (Å²) in [6, 6.07) is 11.6. The van der Waals surface area contributed by atoms with Crippen molar-refractivity contribution in [2.45, 2.75) is 6.54 Å². The van der Waals surface area contributed by atoms with Gasteiger partial charge in [0, 0.05) is 24.3 Å². The molecule has 0 spiro atoms. The predicted molar refractivity (Wildman–Crippen MR) is 79.9 cm³/mol. The van der Waals surface area contributed by atoms with E-state index in [2.05, 4.69) is 27.0 Å². The molecule has 3 aromatic rings. The summed E-state index contributed by atoms with van der Waals surface area (Å²) in [7, 11) is 0. The topological polar surface area (TPSA) is 55.1 Å². The number of carbonyl (C=O) groups is 1. The minimum atomic E-state index is -0.924. The van der Waals surface area contributed by atoms with Gasteiger partial charge in [-0.25, -0.2) is 4.79 Å². The molecule has 0 saturated heterocycles. The first-order valence-corrected chi connectivity index (χ1v) is 6.85. The summed E-state index contributed by atoms with van der Waals surface area (Å²) in [6.07, 6.45) is 3.39. The quantitative estimate of drug-likeness (QED) is 0.799. The van der Waals surface area contributed by atoms with Gasteiger partial charge in [0.15, 0.2) is 0 Å². The van der Waals surface area contributed by atoms with Crippen LogP contribution in [0.1, 0.15) is 15.9 Å². The summed E-state index contributed by atoms with van der Waals surface area (Å²) in [5.74, 6) is -0.924. The second-order valence-electron chi connectivity index (χ2n) is 4.52. The number of carboxylic acid groups (broad SMARTS) is 1. The van der Waals surface area contributed by atoms with Gasteiger partial charge in [-0.1, -0.05) is 12.1 Å². The van der Waals surface area contributed by atoms with E-state index in [-0.39, 0.29) is 5.56 Å². The number of aromatic carboxylic acids is 1. The number of halogens is 1. The highest BCUT2D eigenvalue weighted by Gasteiger charge is 2.09. The smallest absolute Gasteiger partial charge is 0.337 e. The molecule has 100 valence electrons. The van der Waals surface area contributed by atoms with Gasteiger partial charge in [0.05, 0.1) is 15.7 Å². The van der Waals surface area contributed by atoms with Crippen LogP contribution >= 0.6 is 15.9 Å². The molecule has 2 aromatic heterocycles. The Morgan fingerprint density at radius 2 is 2.15 bits per heavy atom. The van der Waals surface area contributed by atoms with Crippen LogP contribution in [0.25, 0.3) is 10.9 Å². The summed E-state index contributed by atoms with van der Waals surface area (Å²) in [5.41, 5.74) is 2.33. The van der Waals surface area contributed by atoms with E-state index in [1.807, 2.05) is 28.8 Å². The van der Waals surface area contributed by atoms with Crippen LogP contribution in [0.15, 0.2) is 53.4 Å². The molecule has 1 aromatic carbocycles. The molecule has 0 atom stereocenters. The third-order valence-corrected chi connectivity index (χ3v) is 3.80. The number of nitrogens with zero attached hydrogens (tertiary/aromatic N) is 2. The number of hydrogen-bond acceptors (Lipinski definition) is 2. The molecule has 0 bridgehead atoms. The maximum Gasteiger partial charge on any atom is 0.337 e. The fraction of sp³-hybridized carbons (Fsp3) is 0.0667. The lowest BCUT2D eigenvalue weighted by Gasteiger charge is -2.06. The summed E-state index contributed by atoms with van der Waals surface area (Å²) in [6.45, 7) is 0.610. The van der Waals surface area contributed by atoms with Gasteiger partial charge < -0.3 is 9.67 Å².